The summed E-state index contributed by atoms with van der Waals surface area (Å²) < 4.78 is 33.3. The van der Waals surface area contributed by atoms with Gasteiger partial charge < -0.3 is 20.1 Å². The van der Waals surface area contributed by atoms with Gasteiger partial charge in [-0.05, 0) is 77.0 Å². The molecule has 0 amide bonds. The maximum Gasteiger partial charge on any atom is 0.472 e. The van der Waals surface area contributed by atoms with Crippen molar-refractivity contribution in [3.05, 3.63) is 60.8 Å². The summed E-state index contributed by atoms with van der Waals surface area (Å²) in [5, 5.41) is 0. The summed E-state index contributed by atoms with van der Waals surface area (Å²) in [6, 6.07) is 0. The number of phosphoric ester groups is 1. The highest BCUT2D eigenvalue weighted by Gasteiger charge is 2.26. The van der Waals surface area contributed by atoms with Crippen LogP contribution in [0, 0.1) is 0 Å². The van der Waals surface area contributed by atoms with Crippen molar-refractivity contribution in [2.24, 2.45) is 5.73 Å². The number of unbranched alkanes of at least 4 members (excludes halogenated alkanes) is 53. The molecular formula is C81H152NO8P. The fraction of sp³-hybridized carbons (Fsp3) is 0.852. The van der Waals surface area contributed by atoms with Crippen LogP contribution in [-0.2, 0) is 32.7 Å². The maximum atomic E-state index is 12.8. The van der Waals surface area contributed by atoms with E-state index < -0.39 is 26.5 Å². The zero-order valence-corrected chi connectivity index (χ0v) is 61.2. The van der Waals surface area contributed by atoms with E-state index in [1.165, 1.54) is 321 Å². The maximum absolute atomic E-state index is 12.8. The van der Waals surface area contributed by atoms with Crippen LogP contribution < -0.4 is 5.73 Å². The summed E-state index contributed by atoms with van der Waals surface area (Å²) in [7, 11) is -4.39. The quantitative estimate of drug-likeness (QED) is 0.0264. The minimum Gasteiger partial charge on any atom is -0.462 e. The molecule has 0 aromatic rings. The van der Waals surface area contributed by atoms with Gasteiger partial charge in [0.05, 0.1) is 13.2 Å². The van der Waals surface area contributed by atoms with Crippen LogP contribution in [0.3, 0.4) is 0 Å². The minimum atomic E-state index is -4.39. The van der Waals surface area contributed by atoms with Crippen LogP contribution in [0.4, 0.5) is 0 Å². The molecule has 0 aliphatic carbocycles. The van der Waals surface area contributed by atoms with Gasteiger partial charge in [0.1, 0.15) is 6.61 Å². The first-order chi connectivity index (χ1) is 44.8. The van der Waals surface area contributed by atoms with E-state index in [-0.39, 0.29) is 38.6 Å². The number of rotatable bonds is 76. The lowest BCUT2D eigenvalue weighted by atomic mass is 10.0. The number of hydrogen-bond acceptors (Lipinski definition) is 8. The Labute approximate surface area is 565 Å². The fourth-order valence-corrected chi connectivity index (χ4v) is 12.8. The number of allylic oxidation sites excluding steroid dienone is 10. The third-order valence-corrected chi connectivity index (χ3v) is 18.9. The highest BCUT2D eigenvalue weighted by Crippen LogP contribution is 2.43. The van der Waals surface area contributed by atoms with Crippen LogP contribution in [0.5, 0.6) is 0 Å². The number of ether oxygens (including phenoxy) is 2. The smallest absolute Gasteiger partial charge is 0.462 e. The molecule has 0 heterocycles. The number of carbonyl (C=O) groups is 2. The van der Waals surface area contributed by atoms with Gasteiger partial charge in [-0.1, -0.05) is 383 Å². The molecule has 0 aromatic heterocycles. The molecule has 3 N–H and O–H groups in total. The van der Waals surface area contributed by atoms with Crippen molar-refractivity contribution in [3.63, 3.8) is 0 Å². The fourth-order valence-electron chi connectivity index (χ4n) is 12.0. The second-order valence-corrected chi connectivity index (χ2v) is 28.4. The Hall–Kier alpha value is -2.29. The molecule has 0 aromatic carbocycles. The van der Waals surface area contributed by atoms with Crippen molar-refractivity contribution in [2.75, 3.05) is 26.4 Å². The first-order valence-corrected chi connectivity index (χ1v) is 41.3. The van der Waals surface area contributed by atoms with E-state index in [1.54, 1.807) is 0 Å². The normalized spacial score (nSPS) is 13.1. The monoisotopic (exact) mass is 1300 g/mol. The second-order valence-electron chi connectivity index (χ2n) is 26.9. The van der Waals surface area contributed by atoms with Crippen molar-refractivity contribution in [2.45, 2.75) is 418 Å². The largest absolute Gasteiger partial charge is 0.472 e. The average molecular weight is 1300 g/mol. The van der Waals surface area contributed by atoms with Crippen molar-refractivity contribution in [1.82, 2.24) is 0 Å². The summed E-state index contributed by atoms with van der Waals surface area (Å²) in [4.78, 5) is 35.4. The van der Waals surface area contributed by atoms with Gasteiger partial charge in [0.25, 0.3) is 0 Å². The molecule has 2 unspecified atom stereocenters. The standard InChI is InChI=1S/C81H152NO8P/c1-3-5-7-9-11-13-15-17-19-21-23-25-27-29-31-33-34-35-36-37-38-39-40-41-42-43-44-46-48-50-52-54-56-58-60-62-64-66-68-70-72-74-81(84)90-79(78-89-91(85,86)88-76-75-82)77-87-80(83)73-71-69-67-65-63-61-59-57-55-53-51-49-47-45-32-30-28-26-24-22-20-18-16-14-12-10-8-6-4-2/h5,7,11,13,17,19,22-25,79H,3-4,6,8-10,12,14-16,18,20-21,26-78,82H2,1-2H3,(H,85,86)/b7-5-,13-11-,19-17-,24-22-,25-23-. The minimum absolute atomic E-state index is 0.0559. The molecule has 0 saturated heterocycles. The molecule has 0 spiro atoms. The van der Waals surface area contributed by atoms with Gasteiger partial charge in [0.15, 0.2) is 6.10 Å². The molecular weight excluding hydrogens is 1150 g/mol. The third-order valence-electron chi connectivity index (χ3n) is 17.9. The number of esters is 2. The Morgan fingerprint density at radius 2 is 0.604 bits per heavy atom. The van der Waals surface area contributed by atoms with Crippen molar-refractivity contribution in [3.8, 4) is 0 Å². The van der Waals surface area contributed by atoms with Gasteiger partial charge in [-0.2, -0.15) is 0 Å². The topological polar surface area (TPSA) is 134 Å². The molecule has 0 radical (unpaired) electrons. The highest BCUT2D eigenvalue weighted by atomic mass is 31.2. The Morgan fingerprint density at radius 1 is 0.341 bits per heavy atom. The summed E-state index contributed by atoms with van der Waals surface area (Å²) in [6.45, 7) is 3.71. The lowest BCUT2D eigenvalue weighted by Gasteiger charge is -2.19. The molecule has 91 heavy (non-hydrogen) atoms. The molecule has 0 rings (SSSR count). The summed E-state index contributed by atoms with van der Waals surface area (Å²) in [5.41, 5.74) is 5.41. The molecule has 0 bridgehead atoms. The third kappa shape index (κ3) is 76.6. The van der Waals surface area contributed by atoms with E-state index in [0.29, 0.717) is 6.42 Å². The van der Waals surface area contributed by atoms with Gasteiger partial charge in [0, 0.05) is 19.4 Å². The van der Waals surface area contributed by atoms with Crippen molar-refractivity contribution in [1.29, 1.82) is 0 Å². The van der Waals surface area contributed by atoms with Crippen molar-refractivity contribution >= 4 is 19.8 Å². The Balaban J connectivity index is 3.74. The molecule has 534 valence electrons. The Kier molecular flexibility index (Phi) is 74.8. The van der Waals surface area contributed by atoms with Crippen LogP contribution in [-0.4, -0.2) is 49.3 Å². The van der Waals surface area contributed by atoms with Crippen LogP contribution in [0.25, 0.3) is 0 Å². The van der Waals surface area contributed by atoms with Crippen LogP contribution in [0.2, 0.25) is 0 Å². The van der Waals surface area contributed by atoms with Gasteiger partial charge in [-0.15, -0.1) is 0 Å². The van der Waals surface area contributed by atoms with Crippen LogP contribution in [0.15, 0.2) is 60.8 Å². The van der Waals surface area contributed by atoms with Crippen LogP contribution in [0.1, 0.15) is 412 Å². The lowest BCUT2D eigenvalue weighted by Crippen LogP contribution is -2.29. The predicted molar refractivity (Wildman–Crippen MR) is 395 cm³/mol. The van der Waals surface area contributed by atoms with Gasteiger partial charge in [-0.3, -0.25) is 18.6 Å². The lowest BCUT2D eigenvalue weighted by molar-refractivity contribution is -0.161. The molecule has 0 aliphatic rings. The summed E-state index contributed by atoms with van der Waals surface area (Å²) >= 11 is 0. The zero-order chi connectivity index (χ0) is 65.8. The van der Waals surface area contributed by atoms with E-state index in [1.807, 2.05) is 0 Å². The first-order valence-electron chi connectivity index (χ1n) is 39.8. The number of phosphoric acid groups is 1. The summed E-state index contributed by atoms with van der Waals surface area (Å²) in [5.74, 6) is -0.803. The SMILES string of the molecule is CC/C=C\C/C=C\C/C=C\C/C=C\CCCCCCCCCCCCCCCCCCCCCCCCCCCCCCC(=O)OC(COC(=O)CCCCCCCCCCCCCCCCCCC/C=C\CCCCCCCCCC)COP(=O)(O)OCCN. The molecule has 2 atom stereocenters. The van der Waals surface area contributed by atoms with Crippen molar-refractivity contribution < 1.29 is 37.6 Å². The van der Waals surface area contributed by atoms with E-state index in [0.717, 1.165) is 57.8 Å². The number of carbonyl (C=O) groups excluding carboxylic acids is 2. The summed E-state index contributed by atoms with van der Waals surface area (Å²) in [6.07, 6.45) is 101. The zero-order valence-electron chi connectivity index (χ0n) is 60.3. The van der Waals surface area contributed by atoms with E-state index in [9.17, 15) is 19.0 Å². The van der Waals surface area contributed by atoms with Gasteiger partial charge >= 0.3 is 19.8 Å². The van der Waals surface area contributed by atoms with Gasteiger partial charge in [-0.25, -0.2) is 4.57 Å². The Bertz CT molecular complexity index is 1680. The van der Waals surface area contributed by atoms with Crippen LogP contribution >= 0.6 is 7.82 Å². The second kappa shape index (κ2) is 76.7. The average Bonchev–Trinajstić information content (AvgIpc) is 3.74. The highest BCUT2D eigenvalue weighted by molar-refractivity contribution is 7.47. The molecule has 0 aliphatic heterocycles. The molecule has 0 saturated carbocycles. The van der Waals surface area contributed by atoms with E-state index in [2.05, 4.69) is 74.6 Å². The predicted octanol–water partition coefficient (Wildman–Crippen LogP) is 26.5. The molecule has 9 nitrogen and oxygen atoms in total. The molecule has 0 fully saturated rings. The Morgan fingerprint density at radius 3 is 0.912 bits per heavy atom. The van der Waals surface area contributed by atoms with E-state index >= 15 is 0 Å². The number of nitrogens with two attached hydrogens (primary N) is 1. The van der Waals surface area contributed by atoms with Gasteiger partial charge in [0.2, 0.25) is 0 Å². The number of hydrogen-bond donors (Lipinski definition) is 2. The first kappa shape index (κ1) is 88.7. The van der Waals surface area contributed by atoms with E-state index in [4.69, 9.17) is 24.3 Å². The molecule has 10 heteroatoms.